The van der Waals surface area contributed by atoms with Crippen LogP contribution >= 0.6 is 0 Å². The Balaban J connectivity index is 1.79. The van der Waals surface area contributed by atoms with Gasteiger partial charge in [0.05, 0.1) is 0 Å². The van der Waals surface area contributed by atoms with E-state index in [4.69, 9.17) is 0 Å². The highest BCUT2D eigenvalue weighted by Gasteiger charge is 2.17. The number of rotatable bonds is 2. The lowest BCUT2D eigenvalue weighted by Crippen LogP contribution is -2.37. The number of pyridine rings is 1. The molecule has 2 N–H and O–H groups in total. The number of aromatic nitrogens is 3. The van der Waals surface area contributed by atoms with Crippen LogP contribution < -0.4 is 10.9 Å². The second-order valence-corrected chi connectivity index (χ2v) is 5.04. The monoisotopic (exact) mass is 259 g/mol. The summed E-state index contributed by atoms with van der Waals surface area (Å²) < 4.78 is 0. The van der Waals surface area contributed by atoms with Gasteiger partial charge in [-0.05, 0) is 39.0 Å². The predicted octanol–water partition coefficient (Wildman–Crippen LogP) is 0.824. The van der Waals surface area contributed by atoms with Gasteiger partial charge in [-0.2, -0.15) is 4.98 Å². The molecule has 0 atom stereocenters. The average molecular weight is 259 g/mol. The van der Waals surface area contributed by atoms with E-state index in [1.54, 1.807) is 12.3 Å². The zero-order valence-corrected chi connectivity index (χ0v) is 10.9. The Morgan fingerprint density at radius 3 is 2.95 bits per heavy atom. The van der Waals surface area contributed by atoms with Crippen LogP contribution in [-0.4, -0.2) is 46.0 Å². The molecule has 100 valence electrons. The van der Waals surface area contributed by atoms with Gasteiger partial charge in [-0.25, -0.2) is 4.98 Å². The lowest BCUT2D eigenvalue weighted by Gasteiger charge is -2.29. The number of fused-ring (bicyclic) bond motifs is 1. The fraction of sp³-hybridized carbons (Fsp3) is 0.462. The zero-order valence-electron chi connectivity index (χ0n) is 10.9. The summed E-state index contributed by atoms with van der Waals surface area (Å²) in [4.78, 5) is 25.0. The second kappa shape index (κ2) is 4.97. The first-order valence-corrected chi connectivity index (χ1v) is 6.52. The predicted molar refractivity (Wildman–Crippen MR) is 74.3 cm³/mol. The lowest BCUT2D eigenvalue weighted by atomic mass is 10.1. The summed E-state index contributed by atoms with van der Waals surface area (Å²) in [7, 11) is 2.13. The number of anilines is 1. The van der Waals surface area contributed by atoms with Crippen LogP contribution in [0.15, 0.2) is 23.1 Å². The molecule has 1 aliphatic heterocycles. The molecule has 0 saturated carbocycles. The fourth-order valence-electron chi connectivity index (χ4n) is 2.34. The van der Waals surface area contributed by atoms with Gasteiger partial charge in [0.1, 0.15) is 5.65 Å². The van der Waals surface area contributed by atoms with Gasteiger partial charge in [0, 0.05) is 23.7 Å². The Kier molecular flexibility index (Phi) is 3.16. The van der Waals surface area contributed by atoms with Crippen molar-refractivity contribution < 1.29 is 0 Å². The molecular formula is C13H17N5O. The molecule has 2 aromatic rings. The van der Waals surface area contributed by atoms with Gasteiger partial charge in [-0.15, -0.1) is 0 Å². The molecule has 0 amide bonds. The summed E-state index contributed by atoms with van der Waals surface area (Å²) in [6.07, 6.45) is 3.90. The van der Waals surface area contributed by atoms with Gasteiger partial charge in [0.25, 0.3) is 0 Å². The van der Waals surface area contributed by atoms with Gasteiger partial charge < -0.3 is 15.2 Å². The van der Waals surface area contributed by atoms with E-state index in [-0.39, 0.29) is 5.56 Å². The number of likely N-dealkylation sites (tertiary alicyclic amines) is 1. The molecule has 3 heterocycles. The summed E-state index contributed by atoms with van der Waals surface area (Å²) in [5.74, 6) is 0.587. The Morgan fingerprint density at radius 1 is 1.37 bits per heavy atom. The first kappa shape index (κ1) is 12.1. The van der Waals surface area contributed by atoms with Crippen molar-refractivity contribution in [2.75, 3.05) is 25.5 Å². The van der Waals surface area contributed by atoms with Gasteiger partial charge in [-0.1, -0.05) is 0 Å². The van der Waals surface area contributed by atoms with E-state index in [9.17, 15) is 4.79 Å². The van der Waals surface area contributed by atoms with Crippen LogP contribution in [0.5, 0.6) is 0 Å². The van der Waals surface area contributed by atoms with Crippen molar-refractivity contribution in [2.24, 2.45) is 0 Å². The third-order valence-corrected chi connectivity index (χ3v) is 3.52. The summed E-state index contributed by atoms with van der Waals surface area (Å²) in [6, 6.07) is 3.62. The van der Waals surface area contributed by atoms with E-state index in [0.29, 0.717) is 17.6 Å². The molecule has 2 aromatic heterocycles. The molecule has 6 heteroatoms. The lowest BCUT2D eigenvalue weighted by molar-refractivity contribution is 0.263. The van der Waals surface area contributed by atoms with Gasteiger partial charge >= 0.3 is 0 Å². The molecule has 1 aliphatic rings. The Morgan fingerprint density at radius 2 is 2.16 bits per heavy atom. The van der Waals surface area contributed by atoms with E-state index in [1.807, 2.05) is 0 Å². The maximum atomic E-state index is 11.3. The van der Waals surface area contributed by atoms with Crippen molar-refractivity contribution in [3.8, 4) is 0 Å². The molecule has 0 bridgehead atoms. The molecule has 0 radical (unpaired) electrons. The second-order valence-electron chi connectivity index (χ2n) is 5.04. The summed E-state index contributed by atoms with van der Waals surface area (Å²) in [6.45, 7) is 2.17. The van der Waals surface area contributed by atoms with Crippen molar-refractivity contribution in [1.82, 2.24) is 19.9 Å². The number of hydrogen-bond donors (Lipinski definition) is 2. The van der Waals surface area contributed by atoms with Crippen LogP contribution in [-0.2, 0) is 0 Å². The first-order valence-electron chi connectivity index (χ1n) is 6.52. The van der Waals surface area contributed by atoms with Crippen LogP contribution in [0, 0.1) is 0 Å². The molecular weight excluding hydrogens is 242 g/mol. The molecule has 0 aromatic carbocycles. The van der Waals surface area contributed by atoms with Crippen molar-refractivity contribution in [1.29, 1.82) is 0 Å². The van der Waals surface area contributed by atoms with Gasteiger partial charge in [-0.3, -0.25) is 4.79 Å². The molecule has 6 nitrogen and oxygen atoms in total. The number of aromatic amines is 1. The SMILES string of the molecule is CN1CCC(Nc2ncc3ccc(=O)[nH]c3n2)CC1. The number of nitrogens with one attached hydrogen (secondary N) is 2. The summed E-state index contributed by atoms with van der Waals surface area (Å²) in [5.41, 5.74) is 0.439. The molecule has 1 saturated heterocycles. The van der Waals surface area contributed by atoms with Crippen LogP contribution in [0.2, 0.25) is 0 Å². The average Bonchev–Trinajstić information content (AvgIpc) is 2.41. The van der Waals surface area contributed by atoms with Crippen molar-refractivity contribution in [2.45, 2.75) is 18.9 Å². The first-order chi connectivity index (χ1) is 9.20. The Bertz CT molecular complexity index is 630. The smallest absolute Gasteiger partial charge is 0.249 e. The number of hydrogen-bond acceptors (Lipinski definition) is 5. The van der Waals surface area contributed by atoms with E-state index in [1.165, 1.54) is 6.07 Å². The minimum atomic E-state index is -0.142. The molecule has 3 rings (SSSR count). The van der Waals surface area contributed by atoms with Crippen LogP contribution in [0.1, 0.15) is 12.8 Å². The minimum absolute atomic E-state index is 0.142. The largest absolute Gasteiger partial charge is 0.351 e. The molecule has 19 heavy (non-hydrogen) atoms. The zero-order chi connectivity index (χ0) is 13.2. The highest BCUT2D eigenvalue weighted by Crippen LogP contribution is 2.14. The molecule has 1 fully saturated rings. The molecule has 0 aliphatic carbocycles. The summed E-state index contributed by atoms with van der Waals surface area (Å²) in [5, 5.41) is 4.18. The normalized spacial score (nSPS) is 17.7. The van der Waals surface area contributed by atoms with E-state index < -0.39 is 0 Å². The maximum Gasteiger partial charge on any atom is 0.249 e. The highest BCUT2D eigenvalue weighted by atomic mass is 16.1. The quantitative estimate of drug-likeness (QED) is 0.835. The van der Waals surface area contributed by atoms with Crippen molar-refractivity contribution in [3.05, 3.63) is 28.7 Å². The van der Waals surface area contributed by atoms with Gasteiger partial charge in [0.15, 0.2) is 0 Å². The maximum absolute atomic E-state index is 11.3. The minimum Gasteiger partial charge on any atom is -0.351 e. The topological polar surface area (TPSA) is 73.9 Å². The Labute approximate surface area is 110 Å². The van der Waals surface area contributed by atoms with E-state index in [0.717, 1.165) is 31.3 Å². The van der Waals surface area contributed by atoms with E-state index in [2.05, 4.69) is 32.2 Å². The van der Waals surface area contributed by atoms with Crippen LogP contribution in [0.25, 0.3) is 11.0 Å². The highest BCUT2D eigenvalue weighted by molar-refractivity contribution is 5.74. The standard InChI is InChI=1S/C13H17N5O/c1-18-6-4-10(5-7-18)15-13-14-8-9-2-3-11(19)16-12(9)17-13/h2-3,8,10H,4-7H2,1H3,(H2,14,15,16,17,19). The number of H-pyrrole nitrogens is 1. The van der Waals surface area contributed by atoms with E-state index >= 15 is 0 Å². The van der Waals surface area contributed by atoms with Crippen LogP contribution in [0.4, 0.5) is 5.95 Å². The molecule has 0 unspecified atom stereocenters. The number of piperidine rings is 1. The molecule has 0 spiro atoms. The van der Waals surface area contributed by atoms with Gasteiger partial charge in [0.2, 0.25) is 11.5 Å². The van der Waals surface area contributed by atoms with Crippen molar-refractivity contribution in [3.63, 3.8) is 0 Å². The third kappa shape index (κ3) is 2.73. The summed E-state index contributed by atoms with van der Waals surface area (Å²) >= 11 is 0. The number of nitrogens with zero attached hydrogens (tertiary/aromatic N) is 3. The third-order valence-electron chi connectivity index (χ3n) is 3.52. The van der Waals surface area contributed by atoms with Crippen molar-refractivity contribution >= 4 is 17.0 Å². The Hall–Kier alpha value is -1.95. The fourth-order valence-corrected chi connectivity index (χ4v) is 2.34. The van der Waals surface area contributed by atoms with Crippen LogP contribution in [0.3, 0.4) is 0 Å².